The lowest BCUT2D eigenvalue weighted by atomic mass is 9.99. The number of likely N-dealkylation sites (N-methyl/N-ethyl adjacent to an activating group) is 1. The van der Waals surface area contributed by atoms with Gasteiger partial charge in [0.2, 0.25) is 5.91 Å². The molecule has 1 aromatic rings. The van der Waals surface area contributed by atoms with Crippen molar-refractivity contribution in [3.05, 3.63) is 35.9 Å². The third kappa shape index (κ3) is 4.37. The molecule has 4 heteroatoms. The van der Waals surface area contributed by atoms with E-state index in [-0.39, 0.29) is 0 Å². The van der Waals surface area contributed by atoms with Crippen LogP contribution < -0.4 is 0 Å². The Morgan fingerprint density at radius 1 is 1.17 bits per heavy atom. The summed E-state index contributed by atoms with van der Waals surface area (Å²) in [4.78, 5) is 17.0. The molecule has 0 aromatic heterocycles. The van der Waals surface area contributed by atoms with E-state index >= 15 is 0 Å². The predicted molar refractivity (Wildman–Crippen MR) is 96.0 cm³/mol. The summed E-state index contributed by atoms with van der Waals surface area (Å²) in [5, 5.41) is 0. The van der Waals surface area contributed by atoms with E-state index < -0.39 is 0 Å². The summed E-state index contributed by atoms with van der Waals surface area (Å²) in [7, 11) is 0. The van der Waals surface area contributed by atoms with Gasteiger partial charge in [0, 0.05) is 44.8 Å². The third-order valence-electron chi connectivity index (χ3n) is 5.41. The smallest absolute Gasteiger partial charge is 0.222 e. The maximum absolute atomic E-state index is 12.3. The first-order valence-electron chi connectivity index (χ1n) is 9.43. The molecule has 0 bridgehead atoms. The zero-order chi connectivity index (χ0) is 16.8. The fourth-order valence-corrected chi connectivity index (χ4v) is 3.95. The lowest BCUT2D eigenvalue weighted by Gasteiger charge is -2.48. The second-order valence-corrected chi connectivity index (χ2v) is 6.97. The van der Waals surface area contributed by atoms with Gasteiger partial charge >= 0.3 is 0 Å². The van der Waals surface area contributed by atoms with Crippen LogP contribution in [0.25, 0.3) is 0 Å². The van der Waals surface area contributed by atoms with E-state index in [0.29, 0.717) is 24.4 Å². The first kappa shape index (κ1) is 17.4. The summed E-state index contributed by atoms with van der Waals surface area (Å²) < 4.78 is 5.47. The van der Waals surface area contributed by atoms with Crippen molar-refractivity contribution in [2.45, 2.75) is 51.1 Å². The molecule has 0 radical (unpaired) electrons. The SMILES string of the molecule is CCN(C1CCOCC1)C1CN(C(=O)CCCc2ccccc2)C1. The van der Waals surface area contributed by atoms with Gasteiger partial charge in [-0.1, -0.05) is 37.3 Å². The van der Waals surface area contributed by atoms with Gasteiger partial charge in [0.05, 0.1) is 0 Å². The van der Waals surface area contributed by atoms with E-state index in [2.05, 4.69) is 36.1 Å². The van der Waals surface area contributed by atoms with Gasteiger partial charge in [-0.3, -0.25) is 9.69 Å². The first-order chi connectivity index (χ1) is 11.8. The van der Waals surface area contributed by atoms with E-state index in [1.807, 2.05) is 11.0 Å². The number of ether oxygens (including phenoxy) is 1. The van der Waals surface area contributed by atoms with Crippen LogP contribution in [0.2, 0.25) is 0 Å². The van der Waals surface area contributed by atoms with Gasteiger partial charge in [-0.05, 0) is 37.8 Å². The van der Waals surface area contributed by atoms with Crippen molar-refractivity contribution in [1.82, 2.24) is 9.80 Å². The van der Waals surface area contributed by atoms with Crippen LogP contribution in [0.5, 0.6) is 0 Å². The molecule has 0 aliphatic carbocycles. The molecule has 0 atom stereocenters. The number of aryl methyl sites for hydroxylation is 1. The molecule has 3 rings (SSSR count). The number of hydrogen-bond donors (Lipinski definition) is 0. The standard InChI is InChI=1S/C20H30N2O2/c1-2-22(18-11-13-24-14-12-18)19-15-21(16-19)20(23)10-6-9-17-7-4-3-5-8-17/h3-5,7-8,18-19H,2,6,9-16H2,1H3. The molecule has 24 heavy (non-hydrogen) atoms. The van der Waals surface area contributed by atoms with Crippen molar-refractivity contribution >= 4 is 5.91 Å². The summed E-state index contributed by atoms with van der Waals surface area (Å²) in [5.41, 5.74) is 1.32. The minimum Gasteiger partial charge on any atom is -0.381 e. The van der Waals surface area contributed by atoms with Crippen molar-refractivity contribution in [1.29, 1.82) is 0 Å². The van der Waals surface area contributed by atoms with Crippen LogP contribution in [0.1, 0.15) is 38.2 Å². The van der Waals surface area contributed by atoms with Crippen molar-refractivity contribution < 1.29 is 9.53 Å². The average Bonchev–Trinajstić information content (AvgIpc) is 2.59. The third-order valence-corrected chi connectivity index (χ3v) is 5.41. The van der Waals surface area contributed by atoms with Crippen molar-refractivity contribution in [2.24, 2.45) is 0 Å². The average molecular weight is 330 g/mol. The van der Waals surface area contributed by atoms with Crippen LogP contribution in [0.15, 0.2) is 30.3 Å². The monoisotopic (exact) mass is 330 g/mol. The highest BCUT2D eigenvalue weighted by molar-refractivity contribution is 5.77. The van der Waals surface area contributed by atoms with Crippen LogP contribution >= 0.6 is 0 Å². The zero-order valence-corrected chi connectivity index (χ0v) is 14.8. The summed E-state index contributed by atoms with van der Waals surface area (Å²) in [6, 6.07) is 11.6. The molecule has 0 N–H and O–H groups in total. The van der Waals surface area contributed by atoms with Gasteiger partial charge in [-0.15, -0.1) is 0 Å². The molecule has 2 aliphatic heterocycles. The highest BCUT2D eigenvalue weighted by atomic mass is 16.5. The highest BCUT2D eigenvalue weighted by Crippen LogP contribution is 2.23. The van der Waals surface area contributed by atoms with Crippen LogP contribution in [-0.4, -0.2) is 60.6 Å². The Morgan fingerprint density at radius 3 is 2.54 bits per heavy atom. The molecule has 0 saturated carbocycles. The van der Waals surface area contributed by atoms with Crippen molar-refractivity contribution in [3.8, 4) is 0 Å². The van der Waals surface area contributed by atoms with Crippen molar-refractivity contribution in [3.63, 3.8) is 0 Å². The molecule has 0 spiro atoms. The largest absolute Gasteiger partial charge is 0.381 e. The number of carbonyl (C=O) groups is 1. The Labute approximate surface area is 145 Å². The van der Waals surface area contributed by atoms with Gasteiger partial charge in [0.25, 0.3) is 0 Å². The minimum atomic E-state index is 0.324. The second kappa shape index (κ2) is 8.63. The number of nitrogens with zero attached hydrogens (tertiary/aromatic N) is 2. The van der Waals surface area contributed by atoms with E-state index in [9.17, 15) is 4.79 Å². The van der Waals surface area contributed by atoms with Crippen LogP contribution in [0.3, 0.4) is 0 Å². The lowest BCUT2D eigenvalue weighted by Crippen LogP contribution is -2.63. The predicted octanol–water partition coefficient (Wildman–Crippen LogP) is 2.72. The van der Waals surface area contributed by atoms with Gasteiger partial charge in [-0.25, -0.2) is 0 Å². The Kier molecular flexibility index (Phi) is 6.27. The summed E-state index contributed by atoms with van der Waals surface area (Å²) in [6.45, 7) is 6.90. The molecular weight excluding hydrogens is 300 g/mol. The minimum absolute atomic E-state index is 0.324. The normalized spacial score (nSPS) is 19.5. The van der Waals surface area contributed by atoms with Gasteiger partial charge < -0.3 is 9.64 Å². The quantitative estimate of drug-likeness (QED) is 0.771. The molecule has 132 valence electrons. The summed E-state index contributed by atoms with van der Waals surface area (Å²) in [5.74, 6) is 0.324. The van der Waals surface area contributed by atoms with Crippen molar-refractivity contribution in [2.75, 3.05) is 32.8 Å². The molecule has 4 nitrogen and oxygen atoms in total. The number of rotatable bonds is 7. The molecule has 0 unspecified atom stereocenters. The number of likely N-dealkylation sites (tertiary alicyclic amines) is 1. The highest BCUT2D eigenvalue weighted by Gasteiger charge is 2.37. The summed E-state index contributed by atoms with van der Waals surface area (Å²) in [6.07, 6.45) is 4.88. The lowest BCUT2D eigenvalue weighted by molar-refractivity contribution is -0.140. The fraction of sp³-hybridized carbons (Fsp3) is 0.650. The van der Waals surface area contributed by atoms with Gasteiger partial charge in [0.1, 0.15) is 0 Å². The number of hydrogen-bond acceptors (Lipinski definition) is 3. The zero-order valence-electron chi connectivity index (χ0n) is 14.8. The van der Waals surface area contributed by atoms with Gasteiger partial charge in [0.15, 0.2) is 0 Å². The fourth-order valence-electron chi connectivity index (χ4n) is 3.95. The first-order valence-corrected chi connectivity index (χ1v) is 9.43. The molecule has 1 aromatic carbocycles. The van der Waals surface area contributed by atoms with Crippen LogP contribution in [-0.2, 0) is 16.0 Å². The number of benzene rings is 1. The maximum atomic E-state index is 12.3. The Hall–Kier alpha value is -1.39. The van der Waals surface area contributed by atoms with Crippen LogP contribution in [0.4, 0.5) is 0 Å². The molecule has 1 amide bonds. The molecule has 2 saturated heterocycles. The Morgan fingerprint density at radius 2 is 1.88 bits per heavy atom. The second-order valence-electron chi connectivity index (χ2n) is 6.97. The molecular formula is C20H30N2O2. The van der Waals surface area contributed by atoms with E-state index in [1.165, 1.54) is 5.56 Å². The molecule has 2 aliphatic rings. The maximum Gasteiger partial charge on any atom is 0.222 e. The Bertz CT molecular complexity index is 508. The Balaban J connectivity index is 1.38. The molecule has 2 heterocycles. The van der Waals surface area contributed by atoms with E-state index in [1.54, 1.807) is 0 Å². The summed E-state index contributed by atoms with van der Waals surface area (Å²) >= 11 is 0. The number of carbonyl (C=O) groups excluding carboxylic acids is 1. The van der Waals surface area contributed by atoms with E-state index in [4.69, 9.17) is 4.74 Å². The molecule has 2 fully saturated rings. The number of amides is 1. The van der Waals surface area contributed by atoms with Crippen LogP contribution in [0, 0.1) is 0 Å². The topological polar surface area (TPSA) is 32.8 Å². The van der Waals surface area contributed by atoms with E-state index in [0.717, 1.165) is 58.5 Å². The van der Waals surface area contributed by atoms with Gasteiger partial charge in [-0.2, -0.15) is 0 Å².